The molecule has 8 N–H and O–H groups in total. The Morgan fingerprint density at radius 3 is 1.13 bits per heavy atom. The van der Waals surface area contributed by atoms with E-state index in [-0.39, 0.29) is 202 Å². The maximum atomic E-state index is 14.2. The van der Waals surface area contributed by atoms with Crippen molar-refractivity contribution in [2.75, 3.05) is 185 Å². The number of nitrogens with one attached hydrogen (secondary N) is 8. The van der Waals surface area contributed by atoms with Crippen molar-refractivity contribution < 1.29 is 200 Å². The minimum atomic E-state index is -1.64. The van der Waals surface area contributed by atoms with Crippen LogP contribution in [0.25, 0.3) is 0 Å². The zero-order valence-electron chi connectivity index (χ0n) is 84.8. The highest BCUT2D eigenvalue weighted by Gasteiger charge is 2.55. The number of carbonyl (C=O) groups is 17. The Morgan fingerprint density at radius 2 is 0.752 bits per heavy atom. The number of esters is 9. The highest BCUT2D eigenvalue weighted by molar-refractivity contribution is 7.45. The van der Waals surface area contributed by atoms with Crippen molar-refractivity contribution in [3.8, 4) is 11.8 Å². The third-order valence-corrected chi connectivity index (χ3v) is 23.0. The molecule has 0 bridgehead atoms. The van der Waals surface area contributed by atoms with E-state index >= 15 is 0 Å². The third-order valence-electron chi connectivity index (χ3n) is 21.0. The van der Waals surface area contributed by atoms with Gasteiger partial charge >= 0.3 is 62.2 Å². The van der Waals surface area contributed by atoms with Gasteiger partial charge in [0, 0.05) is 166 Å². The fourth-order valence-electron chi connectivity index (χ4n) is 15.0. The van der Waals surface area contributed by atoms with E-state index in [0.29, 0.717) is 12.2 Å². The minimum absolute atomic E-state index is 0.0262. The van der Waals surface area contributed by atoms with Gasteiger partial charge in [-0.25, -0.2) is 4.67 Å². The number of nitrogens with zero attached hydrogens (tertiary/aromatic N) is 2. The summed E-state index contributed by atoms with van der Waals surface area (Å²) >= 11 is 0. The second-order valence-electron chi connectivity index (χ2n) is 33.7. The average molecular weight is 2090 g/mol. The van der Waals surface area contributed by atoms with Gasteiger partial charge in [-0.1, -0.05) is 12.1 Å². The van der Waals surface area contributed by atoms with Gasteiger partial charge in [-0.2, -0.15) is 5.26 Å². The summed E-state index contributed by atoms with van der Waals surface area (Å²) in [4.78, 5) is 214. The van der Waals surface area contributed by atoms with Crippen LogP contribution in [0.5, 0.6) is 5.75 Å². The van der Waals surface area contributed by atoms with Crippen molar-refractivity contribution in [2.24, 2.45) is 5.92 Å². The summed E-state index contributed by atoms with van der Waals surface area (Å²) in [5.74, 6) is -11.1. The van der Waals surface area contributed by atoms with Crippen molar-refractivity contribution in [1.29, 1.82) is 5.26 Å². The van der Waals surface area contributed by atoms with Gasteiger partial charge in [-0.3, -0.25) is 81.5 Å². The topological polar surface area (TPSA) is 644 Å². The summed E-state index contributed by atoms with van der Waals surface area (Å²) in [5, 5.41) is 30.8. The molecule has 5 rings (SSSR count). The van der Waals surface area contributed by atoms with E-state index in [1.54, 1.807) is 0 Å². The molecule has 3 saturated heterocycles. The van der Waals surface area contributed by atoms with Crippen LogP contribution in [-0.2, 0) is 201 Å². The van der Waals surface area contributed by atoms with Gasteiger partial charge in [0.05, 0.1) is 151 Å². The molecule has 145 heavy (non-hydrogen) atoms. The van der Waals surface area contributed by atoms with E-state index in [4.69, 9.17) is 123 Å². The van der Waals surface area contributed by atoms with Crippen LogP contribution in [0.4, 0.5) is 0 Å². The molecule has 0 spiro atoms. The molecule has 4 heterocycles. The van der Waals surface area contributed by atoms with E-state index < -0.39 is 241 Å². The molecule has 4 aliphatic rings. The van der Waals surface area contributed by atoms with Crippen molar-refractivity contribution >= 4 is 110 Å². The molecule has 52 nitrogen and oxygen atoms in total. The number of hydrogen-bond acceptors (Lipinski definition) is 44. The molecule has 3 fully saturated rings. The number of aryl methyl sites for hydroxylation is 1. The molecular formula is C92H143N10O42P. The number of nitriles is 1. The van der Waals surface area contributed by atoms with Crippen molar-refractivity contribution in [2.45, 2.75) is 252 Å². The van der Waals surface area contributed by atoms with Gasteiger partial charge in [-0.15, -0.1) is 0 Å². The van der Waals surface area contributed by atoms with Crippen LogP contribution < -0.4 is 47.1 Å². The molecule has 18 atom stereocenters. The summed E-state index contributed by atoms with van der Waals surface area (Å²) < 4.78 is 146. The number of fused-ring (bicyclic) bond motifs is 1. The summed E-state index contributed by atoms with van der Waals surface area (Å²) in [6, 6.07) is 5.44. The van der Waals surface area contributed by atoms with Crippen molar-refractivity contribution in [1.82, 2.24) is 47.2 Å². The predicted octanol–water partition coefficient (Wildman–Crippen LogP) is -0.781. The number of hydrogen-bond donors (Lipinski definition) is 8. The van der Waals surface area contributed by atoms with Gasteiger partial charge < -0.3 is 161 Å². The molecule has 8 amide bonds. The predicted molar refractivity (Wildman–Crippen MR) is 496 cm³/mol. The first-order chi connectivity index (χ1) is 69.1. The Morgan fingerprint density at radius 1 is 0.400 bits per heavy atom. The highest BCUT2D eigenvalue weighted by atomic mass is 31.2. The number of rotatable bonds is 69. The lowest BCUT2D eigenvalue weighted by Gasteiger charge is -2.45. The number of carbonyl (C=O) groups excluding carboxylic acids is 17. The van der Waals surface area contributed by atoms with Crippen LogP contribution in [0.2, 0.25) is 0 Å². The molecule has 0 aromatic heterocycles. The molecule has 4 aliphatic heterocycles. The van der Waals surface area contributed by atoms with Crippen LogP contribution in [0, 0.1) is 17.2 Å². The lowest BCUT2D eigenvalue weighted by atomic mass is 9.90. The third kappa shape index (κ3) is 49.6. The second kappa shape index (κ2) is 68.7. The first kappa shape index (κ1) is 125. The number of amides is 8. The molecule has 0 aliphatic carbocycles. The second-order valence-corrected chi connectivity index (χ2v) is 35.1. The van der Waals surface area contributed by atoms with E-state index in [1.807, 2.05) is 32.0 Å². The van der Waals surface area contributed by atoms with Crippen LogP contribution in [0.1, 0.15) is 160 Å². The zero-order chi connectivity index (χ0) is 107. The van der Waals surface area contributed by atoms with Crippen LogP contribution >= 0.6 is 8.53 Å². The first-order valence-corrected chi connectivity index (χ1v) is 48.6. The number of ether oxygens (including phenoxy) is 23. The summed E-state index contributed by atoms with van der Waals surface area (Å²) in [5.41, 5.74) is 0.259. The van der Waals surface area contributed by atoms with Gasteiger partial charge in [0.25, 0.3) is 0 Å². The van der Waals surface area contributed by atoms with Crippen molar-refractivity contribution in [3.63, 3.8) is 0 Å². The highest BCUT2D eigenvalue weighted by Crippen LogP contribution is 2.56. The van der Waals surface area contributed by atoms with Gasteiger partial charge in [0.1, 0.15) is 61.5 Å². The fraction of sp³-hybridized carbons (Fsp3) is 0.739. The van der Waals surface area contributed by atoms with Gasteiger partial charge in [0.2, 0.25) is 47.3 Å². The Hall–Kier alpha value is -10.7. The van der Waals surface area contributed by atoms with Crippen LogP contribution in [0.3, 0.4) is 0 Å². The Bertz CT molecular complexity index is 4200. The molecule has 5 unspecified atom stereocenters. The number of benzene rings is 1. The van der Waals surface area contributed by atoms with Crippen molar-refractivity contribution in [3.05, 3.63) is 29.3 Å². The minimum Gasteiger partial charge on any atom is -0.463 e. The molecular weight excluding hydrogens is 1950 g/mol. The van der Waals surface area contributed by atoms with Crippen LogP contribution in [0.15, 0.2) is 18.2 Å². The van der Waals surface area contributed by atoms with E-state index in [2.05, 4.69) is 60.2 Å². The Kier molecular flexibility index (Phi) is 59.1. The van der Waals surface area contributed by atoms with E-state index in [9.17, 15) is 81.5 Å². The Labute approximate surface area is 842 Å². The molecule has 53 heteroatoms. The molecule has 818 valence electrons. The quantitative estimate of drug-likeness (QED) is 0.0172. The maximum Gasteiger partial charge on any atom is 0.321 e. The standard InChI is InChI=1S/C92H143N10O42P/c1-55(2)102-56(3)70-47-69(17-19-72(70)144-145(102)134-30-16-25-93)18-20-76(115)94-26-35-121-40-39-120-31-24-80(119)101-92(53-126-33-22-78(117)96-28-37-123-42-45-129-90-81(99-58(5)104)87(139-67(14)113)85(137-65(12)111)74(142-90)50-132-61(8)107,54-127-34-23-79(118)97-29-38-124-43-46-130-91-82(100-59(6)105)88(140-68(15)114)86(138-66(13)112)75(143-91)51-133-62(9)108)52-125-32-21-77(116)95-27-36-122-41-44-128-89-71(48-98-57(4)103)83(135-63(10)109)84(136-64(11)110)73(141-89)49-131-60(7)106/h17,19,47,55-56,71,73-75,81-91H,16,18,20-24,26-46,48-54H2,1-15H3,(H,94,115)(H,95,116)(H,96,117)(H,97,118)(H,98,103)(H,99,104)(H,100,105)(H,101,119)/t56?,71?,73-,74-,75?,81+,82+,83-,84+,85-,86-,87+,88+,89-,90-,91+,92?,145?/m1/s1. The Balaban J connectivity index is 1.26. The smallest absolute Gasteiger partial charge is 0.321 e. The van der Waals surface area contributed by atoms with Gasteiger partial charge in [-0.05, 0) is 38.8 Å². The first-order valence-electron chi connectivity index (χ1n) is 47.5. The molecule has 0 saturated carbocycles. The fourth-order valence-corrected chi connectivity index (χ4v) is 16.6. The normalized spacial score (nSPS) is 22.5. The summed E-state index contributed by atoms with van der Waals surface area (Å²) in [7, 11) is -1.44. The monoisotopic (exact) mass is 2090 g/mol. The molecule has 1 aromatic carbocycles. The molecule has 0 radical (unpaired) electrons. The van der Waals surface area contributed by atoms with E-state index in [0.717, 1.165) is 73.4 Å². The summed E-state index contributed by atoms with van der Waals surface area (Å²) in [6.45, 7) is 15.6. The summed E-state index contributed by atoms with van der Waals surface area (Å²) in [6.07, 6.45) is -15.8. The average Bonchev–Trinajstić information content (AvgIpc) is 0.787. The largest absolute Gasteiger partial charge is 0.463 e. The molecule has 1 aromatic rings. The SMILES string of the molecule is CC(=O)NCC1[C@H](OCCOCCNC(=O)CCOCC(COCCC(=O)NCCOCCO[C@@H]2O[C@H](COC(C)=O)[C@@H](OC(C)=O)[C@@H](OC(C)=O)[C@@H]2NC(C)=O)(COCCC(=O)NCCOCCO[C@H]2OC(COC(C)=O)[C@@H](OC(C)=O)[C@@H](OC(C)=O)[C@@H]2NC(C)=O)NC(=O)CCOCCOCCNC(=O)CCc2ccc3c(c2)C(C)N(C(C)C)P(OCCC#N)O3)O[C@H](COC(C)=O)[C@H](OC(C)=O)[C@@H]1OC(C)=O. The lowest BCUT2D eigenvalue weighted by molar-refractivity contribution is -0.292. The lowest BCUT2D eigenvalue weighted by Crippen LogP contribution is -2.66. The maximum absolute atomic E-state index is 14.2. The van der Waals surface area contributed by atoms with Gasteiger partial charge in [0.15, 0.2) is 55.5 Å². The van der Waals surface area contributed by atoms with Crippen LogP contribution in [-0.4, -0.2) is 388 Å². The van der Waals surface area contributed by atoms with E-state index in [1.165, 1.54) is 20.8 Å². The zero-order valence-corrected chi connectivity index (χ0v) is 85.7.